The van der Waals surface area contributed by atoms with Gasteiger partial charge in [-0.2, -0.15) is 0 Å². The third-order valence-electron chi connectivity index (χ3n) is 23.3. The van der Waals surface area contributed by atoms with Crippen LogP contribution in [0.5, 0.6) is 0 Å². The van der Waals surface area contributed by atoms with Gasteiger partial charge in [0.15, 0.2) is 45.9 Å². The van der Waals surface area contributed by atoms with Gasteiger partial charge in [0.1, 0.15) is 70.2 Å². The van der Waals surface area contributed by atoms with E-state index in [0.717, 1.165) is 64.1 Å². The molecule has 2 unspecified atom stereocenters. The number of benzene rings is 4. The van der Waals surface area contributed by atoms with Crippen molar-refractivity contribution in [2.45, 2.75) is 115 Å². The predicted molar refractivity (Wildman–Crippen MR) is 488 cm³/mol. The highest BCUT2D eigenvalue weighted by atomic mass is 35.5. The number of nitrogens with one attached hydrogen (secondary N) is 10. The van der Waals surface area contributed by atoms with E-state index in [1.165, 1.54) is 31.6 Å². The average Bonchev–Trinajstić information content (AvgIpc) is 1.76. The number of imidazole rings is 4. The molecule has 16 aromatic rings. The maximum Gasteiger partial charge on any atom is 0.273 e. The maximum atomic E-state index is 13.7. The van der Waals surface area contributed by atoms with Gasteiger partial charge in [-0.05, 0) is 124 Å². The van der Waals surface area contributed by atoms with Crippen LogP contribution >= 0.6 is 46.4 Å². The molecule has 10 N–H and O–H groups in total. The number of hydrogen-bond acceptors (Lipinski definition) is 27. The van der Waals surface area contributed by atoms with E-state index >= 15 is 0 Å². The minimum Gasteiger partial charge on any atom is -0.371 e. The Hall–Kier alpha value is -13.3. The number of rotatable bonds is 16. The summed E-state index contributed by atoms with van der Waals surface area (Å²) in [7, 11) is 0. The SMILES string of the molecule is C[C@@H]1CN(C(=O)c2nc([C@H](C)Nc3ncnc4nc[nH]c34)cc3cccc(Cl)c23)CCN1.C[C@H](Nc1ncnc2nc[nH]c12)c1cc2cccc(Cl)c2c(C(=O)N2CC3CCC(C2)O3)n1.C[C@H](Nc1ncnc2nc[nH]c12)c1cc2cccc(Cl)c2c(C(=O)N2CCC(F)(F)C2)n1.C[C@H](Nc1ncnc2nc[nH]c12)c1cc2cccc(Cl)c2c(C(=O)N2CCN[C@@H](C)C2)n1. The molecule has 4 amide bonds. The van der Waals surface area contributed by atoms with Crippen LogP contribution in [0.3, 0.4) is 0 Å². The molecule has 5 fully saturated rings. The van der Waals surface area contributed by atoms with E-state index in [0.29, 0.717) is 177 Å². The molecule has 35 nitrogen and oxygen atoms in total. The minimum atomic E-state index is -2.90. The topological polar surface area (TPSA) is 432 Å². The molecule has 5 aliphatic rings. The van der Waals surface area contributed by atoms with E-state index in [1.807, 2.05) is 109 Å². The van der Waals surface area contributed by atoms with Gasteiger partial charge in [0.25, 0.3) is 29.6 Å². The van der Waals surface area contributed by atoms with E-state index in [9.17, 15) is 28.0 Å². The number of alkyl halides is 2. The Bertz CT molecular complexity index is 6500. The summed E-state index contributed by atoms with van der Waals surface area (Å²) in [5, 5.41) is 27.8. The number of hydrogen-bond donors (Lipinski definition) is 10. The van der Waals surface area contributed by atoms with Crippen LogP contribution in [0.25, 0.3) is 87.7 Å². The van der Waals surface area contributed by atoms with Crippen LogP contribution < -0.4 is 31.9 Å². The lowest BCUT2D eigenvalue weighted by Crippen LogP contribution is -2.51. The second-order valence-corrected chi connectivity index (χ2v) is 34.0. The Morgan fingerprint density at radius 2 is 0.698 bits per heavy atom. The first-order chi connectivity index (χ1) is 62.4. The molecule has 0 spiro atoms. The molecular formula is C88H86Cl4F2N30O5. The van der Waals surface area contributed by atoms with Gasteiger partial charge in [-0.1, -0.05) is 94.9 Å². The van der Waals surface area contributed by atoms with Crippen LogP contribution in [0, 0.1) is 0 Å². The molecule has 0 saturated carbocycles. The van der Waals surface area contributed by atoms with Crippen LogP contribution in [0.1, 0.15) is 150 Å². The van der Waals surface area contributed by atoms with Gasteiger partial charge in [-0.25, -0.2) is 88.5 Å². The predicted octanol–water partition coefficient (Wildman–Crippen LogP) is 14.3. The Kier molecular flexibility index (Phi) is 24.7. The number of anilines is 4. The Labute approximate surface area is 754 Å². The highest BCUT2D eigenvalue weighted by Gasteiger charge is 2.42. The molecular weight excluding hydrogens is 1740 g/mol. The molecule has 5 aliphatic heterocycles. The van der Waals surface area contributed by atoms with Crippen LogP contribution in [-0.2, 0) is 4.74 Å². The van der Waals surface area contributed by atoms with Crippen molar-refractivity contribution < 1.29 is 32.7 Å². The molecule has 2 bridgehead atoms. The van der Waals surface area contributed by atoms with Crippen LogP contribution in [0.4, 0.5) is 32.1 Å². The number of ether oxygens (including phenoxy) is 1. The molecule has 8 atom stereocenters. The third-order valence-corrected chi connectivity index (χ3v) is 24.6. The summed E-state index contributed by atoms with van der Waals surface area (Å²) in [4.78, 5) is 142. The fraction of sp³-hybridized carbons (Fsp3) is 0.318. The number of carbonyl (C=O) groups excluding carboxylic acids is 4. The van der Waals surface area contributed by atoms with Crippen molar-refractivity contribution >= 4 is 181 Å². The molecule has 660 valence electrons. The number of aromatic nitrogens is 20. The summed E-state index contributed by atoms with van der Waals surface area (Å²) < 4.78 is 33.4. The number of amides is 4. The van der Waals surface area contributed by atoms with E-state index < -0.39 is 18.4 Å². The fourth-order valence-corrected chi connectivity index (χ4v) is 17.9. The zero-order valence-corrected chi connectivity index (χ0v) is 73.4. The standard InChI is InChI=1S/C23H22ClN7O2.2C22H23ClN8O.C21H18ClF2N7O/c1-12(29-22-20-21(26-10-25-20)27-11-28-22)17-7-13-3-2-4-16(24)18(13)19(30-17)23(32)31-8-14-5-6-15(9-31)33-14;2*1-12-9-31(7-6-24-12)22(32)18-17-14(4-3-5-15(17)23)8-16(30-18)13(2)29-21-19-20(26-10-25-19)27-11-28-21;1-11(29-19-17-18(26-9-25-17)27-10-28-19)14-7-12-3-2-4-13(22)15(12)16(30-14)20(32)31-6-5-21(23,24)8-31/h2-4,7,10-12,14-15H,5-6,8-9H2,1H3,(H2,25,26,27,28,29);2*3-5,8,10-13,24H,6-7,9H2,1-2H3,(H2,25,26,27,28,29);2-4,7,9-11H,5-6,8H2,1H3,(H2,25,26,27,28,29)/t12-,14?,15?;12-,13+;12-,13-;11-/m0100/s1. The van der Waals surface area contributed by atoms with Crippen molar-refractivity contribution in [3.8, 4) is 0 Å². The monoisotopic (exact) mass is 1820 g/mol. The van der Waals surface area contributed by atoms with Gasteiger partial charge in [-0.3, -0.25) is 19.2 Å². The lowest BCUT2D eigenvalue weighted by molar-refractivity contribution is -0.0304. The first-order valence-corrected chi connectivity index (χ1v) is 43.6. The van der Waals surface area contributed by atoms with Crippen LogP contribution in [-0.4, -0.2) is 239 Å². The van der Waals surface area contributed by atoms with Gasteiger partial charge in [0.05, 0.1) is 111 Å². The number of pyridine rings is 4. The van der Waals surface area contributed by atoms with Crippen molar-refractivity contribution in [2.24, 2.45) is 0 Å². The zero-order valence-electron chi connectivity index (χ0n) is 70.4. The second-order valence-electron chi connectivity index (χ2n) is 32.4. The van der Waals surface area contributed by atoms with E-state index in [-0.39, 0.29) is 84.8 Å². The summed E-state index contributed by atoms with van der Waals surface area (Å²) in [6.45, 7) is 16.5. The lowest BCUT2D eigenvalue weighted by Gasteiger charge is -2.32. The van der Waals surface area contributed by atoms with E-state index in [1.54, 1.807) is 49.3 Å². The smallest absolute Gasteiger partial charge is 0.273 e. The van der Waals surface area contributed by atoms with Crippen molar-refractivity contribution in [1.82, 2.24) is 130 Å². The van der Waals surface area contributed by atoms with Crippen molar-refractivity contribution in [1.29, 1.82) is 0 Å². The van der Waals surface area contributed by atoms with Crippen LogP contribution in [0.15, 0.2) is 148 Å². The highest BCUT2D eigenvalue weighted by Crippen LogP contribution is 2.39. The maximum absolute atomic E-state index is 13.7. The minimum absolute atomic E-state index is 0.0315. The summed E-state index contributed by atoms with van der Waals surface area (Å²) in [5.41, 5.74) is 8.92. The van der Waals surface area contributed by atoms with E-state index in [2.05, 4.69) is 130 Å². The Balaban J connectivity index is 0.000000116. The molecule has 4 aromatic carbocycles. The average molecular weight is 1820 g/mol. The summed E-state index contributed by atoms with van der Waals surface area (Å²) in [6.07, 6.45) is 13.9. The first kappa shape index (κ1) is 86.4. The molecule has 129 heavy (non-hydrogen) atoms. The number of H-pyrrole nitrogens is 4. The fourth-order valence-electron chi connectivity index (χ4n) is 16.8. The van der Waals surface area contributed by atoms with Crippen molar-refractivity contribution in [2.75, 3.05) is 86.7 Å². The van der Waals surface area contributed by atoms with Gasteiger partial charge < -0.3 is 76.2 Å². The summed E-state index contributed by atoms with van der Waals surface area (Å²) >= 11 is 26.0. The van der Waals surface area contributed by atoms with Gasteiger partial charge in [0, 0.05) is 99.0 Å². The van der Waals surface area contributed by atoms with Gasteiger partial charge >= 0.3 is 0 Å². The normalized spacial score (nSPS) is 18.2. The number of aromatic amines is 4. The van der Waals surface area contributed by atoms with Gasteiger partial charge in [0.2, 0.25) is 0 Å². The van der Waals surface area contributed by atoms with Crippen molar-refractivity contribution in [3.05, 3.63) is 213 Å². The molecule has 0 radical (unpaired) electrons. The van der Waals surface area contributed by atoms with Crippen LogP contribution in [0.2, 0.25) is 20.1 Å². The number of morpholine rings is 1. The number of carbonyl (C=O) groups is 4. The largest absolute Gasteiger partial charge is 0.371 e. The molecule has 0 aliphatic carbocycles. The lowest BCUT2D eigenvalue weighted by atomic mass is 10.0. The van der Waals surface area contributed by atoms with Gasteiger partial charge in [-0.15, -0.1) is 0 Å². The number of halogens is 6. The zero-order chi connectivity index (χ0) is 89.5. The Morgan fingerprint density at radius 1 is 0.403 bits per heavy atom. The third kappa shape index (κ3) is 18.2. The van der Waals surface area contributed by atoms with E-state index in [4.69, 9.17) is 66.1 Å². The number of fused-ring (bicyclic) bond motifs is 10. The molecule has 17 heterocycles. The second kappa shape index (κ2) is 36.8. The molecule has 5 saturated heterocycles. The quantitative estimate of drug-likeness (QED) is 0.0429. The molecule has 12 aromatic heterocycles. The molecule has 21 rings (SSSR count). The first-order valence-electron chi connectivity index (χ1n) is 42.1. The van der Waals surface area contributed by atoms with Crippen molar-refractivity contribution in [3.63, 3.8) is 0 Å². The summed E-state index contributed by atoms with van der Waals surface area (Å²) in [6, 6.07) is 29.2. The summed E-state index contributed by atoms with van der Waals surface area (Å²) in [5.74, 6) is -1.40. The number of nitrogens with zero attached hydrogens (tertiary/aromatic N) is 20. The number of likely N-dealkylation sites (tertiary alicyclic amines) is 2. The molecule has 41 heteroatoms. The highest BCUT2D eigenvalue weighted by molar-refractivity contribution is 6.38. The Morgan fingerprint density at radius 3 is 0.984 bits per heavy atom. The number of piperazine rings is 2.